The van der Waals surface area contributed by atoms with Crippen molar-refractivity contribution in [3.05, 3.63) is 186 Å². The molecule has 2 N–H and O–H groups in total. The number of furan rings is 1. The first-order chi connectivity index (χ1) is 28.3. The molecule has 0 bridgehead atoms. The summed E-state index contributed by atoms with van der Waals surface area (Å²) in [5, 5.41) is 13.8. The van der Waals surface area contributed by atoms with Gasteiger partial charge in [0.15, 0.2) is 0 Å². The standard InChI is InChI=1S/C51H38N4OS/c1-3-14-31(15-4-1)49-52-50(32-16-5-2-6-17-32)54-51(53-49)39-23-12-21-37-40-30-33(28-29-44(40)56-47(37)39)34-20-11-22-38-46-43(26-13-27-45(46)57-48(34)38)55-41-24-9-7-18-35(41)36-19-8-10-25-42(36)55/h1-7,9,11-18,20-24,26-30,49,51,53H,8,10,19,25H2,(H,52,54). The minimum Gasteiger partial charge on any atom is -0.456 e. The smallest absolute Gasteiger partial charge is 0.142 e. The number of aliphatic imine (C=N–C) groups is 1. The van der Waals surface area contributed by atoms with Gasteiger partial charge in [0.1, 0.15) is 29.3 Å². The number of hydrogen-bond donors (Lipinski definition) is 2. The second-order valence-corrected chi connectivity index (χ2v) is 16.4. The summed E-state index contributed by atoms with van der Waals surface area (Å²) in [6.07, 6.45) is 4.34. The zero-order valence-electron chi connectivity index (χ0n) is 31.2. The SMILES string of the molecule is c1ccc(C2=NC(c3ccccc3)NC(c3cccc4c3oc3ccc(-c5cccc6c5sc5cccc(-n7c8c(c9ccccc97)CCCC8)c56)cc34)N2)cc1. The van der Waals surface area contributed by atoms with Crippen LogP contribution in [0.1, 0.15) is 53.1 Å². The molecule has 3 aromatic heterocycles. The van der Waals surface area contributed by atoms with Gasteiger partial charge in [-0.25, -0.2) is 4.99 Å². The van der Waals surface area contributed by atoms with Gasteiger partial charge in [-0.2, -0.15) is 0 Å². The maximum absolute atomic E-state index is 6.76. The highest BCUT2D eigenvalue weighted by molar-refractivity contribution is 7.26. The predicted molar refractivity (Wildman–Crippen MR) is 237 cm³/mol. The van der Waals surface area contributed by atoms with Crippen LogP contribution in [0.25, 0.3) is 69.8 Å². The molecule has 5 nitrogen and oxygen atoms in total. The molecule has 0 radical (unpaired) electrons. The Bertz CT molecular complexity index is 3210. The quantitative estimate of drug-likeness (QED) is 0.184. The third-order valence-corrected chi connectivity index (χ3v) is 13.3. The fourth-order valence-corrected chi connectivity index (χ4v) is 10.8. The molecule has 1 aliphatic heterocycles. The van der Waals surface area contributed by atoms with Crippen molar-refractivity contribution in [2.75, 3.05) is 0 Å². The van der Waals surface area contributed by atoms with Gasteiger partial charge >= 0.3 is 0 Å². The Labute approximate surface area is 333 Å². The lowest BCUT2D eigenvalue weighted by Gasteiger charge is -2.32. The number of nitrogens with one attached hydrogen (secondary N) is 2. The summed E-state index contributed by atoms with van der Waals surface area (Å²) < 4.78 is 12.0. The van der Waals surface area contributed by atoms with Crippen LogP contribution < -0.4 is 10.6 Å². The molecule has 2 atom stereocenters. The number of fused-ring (bicyclic) bond motifs is 9. The lowest BCUT2D eigenvalue weighted by molar-refractivity contribution is 0.408. The van der Waals surface area contributed by atoms with Gasteiger partial charge in [0.25, 0.3) is 0 Å². The van der Waals surface area contributed by atoms with E-state index in [4.69, 9.17) is 9.41 Å². The van der Waals surface area contributed by atoms with Crippen molar-refractivity contribution in [3.63, 3.8) is 0 Å². The summed E-state index contributed by atoms with van der Waals surface area (Å²) in [5.41, 5.74) is 13.0. The Morgan fingerprint density at radius 1 is 0.649 bits per heavy atom. The molecule has 274 valence electrons. The lowest BCUT2D eigenvalue weighted by Crippen LogP contribution is -2.45. The van der Waals surface area contributed by atoms with Gasteiger partial charge in [0.05, 0.1) is 11.2 Å². The normalized spacial score (nSPS) is 17.0. The van der Waals surface area contributed by atoms with Crippen molar-refractivity contribution in [2.45, 2.75) is 38.0 Å². The highest BCUT2D eigenvalue weighted by Gasteiger charge is 2.28. The van der Waals surface area contributed by atoms with E-state index in [0.29, 0.717) is 0 Å². The maximum atomic E-state index is 6.76. The minimum absolute atomic E-state index is 0.220. The molecule has 7 aromatic carbocycles. The fraction of sp³-hybridized carbons (Fsp3) is 0.118. The lowest BCUT2D eigenvalue weighted by atomic mass is 9.95. The highest BCUT2D eigenvalue weighted by Crippen LogP contribution is 2.45. The second-order valence-electron chi connectivity index (χ2n) is 15.4. The van der Waals surface area contributed by atoms with Crippen LogP contribution in [0, 0.1) is 0 Å². The summed E-state index contributed by atoms with van der Waals surface area (Å²) in [6, 6.07) is 56.7. The molecule has 1 aliphatic carbocycles. The van der Waals surface area contributed by atoms with Gasteiger partial charge < -0.3 is 14.3 Å². The number of thiophene rings is 1. The average molecular weight is 755 g/mol. The van der Waals surface area contributed by atoms with E-state index in [1.54, 1.807) is 0 Å². The van der Waals surface area contributed by atoms with Crippen LogP contribution in [-0.4, -0.2) is 10.4 Å². The van der Waals surface area contributed by atoms with E-state index in [1.807, 2.05) is 23.5 Å². The summed E-state index contributed by atoms with van der Waals surface area (Å²) in [4.78, 5) is 5.12. The number of rotatable bonds is 5. The van der Waals surface area contributed by atoms with Crippen LogP contribution in [0.4, 0.5) is 0 Å². The first-order valence-corrected chi connectivity index (χ1v) is 20.8. The Kier molecular flexibility index (Phi) is 7.50. The third-order valence-electron chi connectivity index (χ3n) is 12.1. The molecule has 4 heterocycles. The van der Waals surface area contributed by atoms with Crippen molar-refractivity contribution < 1.29 is 4.42 Å². The van der Waals surface area contributed by atoms with E-state index >= 15 is 0 Å². The maximum Gasteiger partial charge on any atom is 0.142 e. The molecule has 0 amide bonds. The van der Waals surface area contributed by atoms with Gasteiger partial charge in [-0.3, -0.25) is 5.32 Å². The summed E-state index contributed by atoms with van der Waals surface area (Å²) in [7, 11) is 0. The largest absolute Gasteiger partial charge is 0.456 e. The fourth-order valence-electron chi connectivity index (χ4n) is 9.50. The number of aryl methyl sites for hydroxylation is 1. The zero-order chi connectivity index (χ0) is 37.5. The number of nitrogens with zero attached hydrogens (tertiary/aromatic N) is 2. The highest BCUT2D eigenvalue weighted by atomic mass is 32.1. The molecule has 2 aliphatic rings. The van der Waals surface area contributed by atoms with E-state index in [0.717, 1.165) is 57.3 Å². The first kappa shape index (κ1) is 32.7. The van der Waals surface area contributed by atoms with Crippen molar-refractivity contribution in [1.82, 2.24) is 15.2 Å². The molecule has 6 heteroatoms. The predicted octanol–water partition coefficient (Wildman–Crippen LogP) is 12.8. The Morgan fingerprint density at radius 3 is 2.33 bits per heavy atom. The molecule has 0 spiro atoms. The minimum atomic E-state index is -0.226. The van der Waals surface area contributed by atoms with Gasteiger partial charge in [0.2, 0.25) is 0 Å². The van der Waals surface area contributed by atoms with Crippen molar-refractivity contribution >= 4 is 70.2 Å². The van der Waals surface area contributed by atoms with E-state index in [2.05, 4.69) is 161 Å². The Morgan fingerprint density at radius 2 is 1.42 bits per heavy atom. The molecule has 12 rings (SSSR count). The number of benzene rings is 7. The number of hydrogen-bond acceptors (Lipinski definition) is 5. The van der Waals surface area contributed by atoms with E-state index < -0.39 is 0 Å². The molecular formula is C51H38N4OS. The second kappa shape index (κ2) is 13.1. The van der Waals surface area contributed by atoms with E-state index in [9.17, 15) is 0 Å². The van der Waals surface area contributed by atoms with Gasteiger partial charge in [-0.1, -0.05) is 127 Å². The average Bonchev–Trinajstić information content (AvgIpc) is 3.96. The number of para-hydroxylation sites is 2. The van der Waals surface area contributed by atoms with Crippen molar-refractivity contribution in [3.8, 4) is 16.8 Å². The molecule has 0 fully saturated rings. The van der Waals surface area contributed by atoms with Gasteiger partial charge in [-0.05, 0) is 78.3 Å². The van der Waals surface area contributed by atoms with Crippen LogP contribution in [0.5, 0.6) is 0 Å². The molecule has 57 heavy (non-hydrogen) atoms. The third kappa shape index (κ3) is 5.21. The zero-order valence-corrected chi connectivity index (χ0v) is 32.0. The summed E-state index contributed by atoms with van der Waals surface area (Å²) in [6.45, 7) is 0. The van der Waals surface area contributed by atoms with E-state index in [1.165, 1.54) is 72.0 Å². The molecule has 2 unspecified atom stereocenters. The number of amidine groups is 1. The van der Waals surface area contributed by atoms with Crippen LogP contribution in [0.3, 0.4) is 0 Å². The van der Waals surface area contributed by atoms with Crippen molar-refractivity contribution in [2.24, 2.45) is 4.99 Å². The number of aromatic nitrogens is 1. The Hall–Kier alpha value is -6.47. The van der Waals surface area contributed by atoms with E-state index in [-0.39, 0.29) is 12.3 Å². The van der Waals surface area contributed by atoms with Gasteiger partial charge in [0, 0.05) is 53.2 Å². The Balaban J connectivity index is 0.978. The van der Waals surface area contributed by atoms with Gasteiger partial charge in [-0.15, -0.1) is 11.3 Å². The van der Waals surface area contributed by atoms with Crippen LogP contribution in [0.15, 0.2) is 167 Å². The summed E-state index contributed by atoms with van der Waals surface area (Å²) in [5.74, 6) is 0.855. The topological polar surface area (TPSA) is 54.5 Å². The van der Waals surface area contributed by atoms with Crippen LogP contribution >= 0.6 is 11.3 Å². The molecule has 0 saturated carbocycles. The molecular weight excluding hydrogens is 717 g/mol. The van der Waals surface area contributed by atoms with Crippen molar-refractivity contribution in [1.29, 1.82) is 0 Å². The van der Waals surface area contributed by atoms with Crippen LogP contribution in [0.2, 0.25) is 0 Å². The first-order valence-electron chi connectivity index (χ1n) is 20.0. The monoisotopic (exact) mass is 754 g/mol. The summed E-state index contributed by atoms with van der Waals surface area (Å²) >= 11 is 1.90. The molecule has 10 aromatic rings. The molecule has 0 saturated heterocycles. The van der Waals surface area contributed by atoms with Crippen LogP contribution in [-0.2, 0) is 12.8 Å².